The molecule has 1 amide bonds. The maximum Gasteiger partial charge on any atom is 0.225 e. The predicted molar refractivity (Wildman–Crippen MR) is 99.3 cm³/mol. The Bertz CT molecular complexity index is 700. The molecule has 0 aliphatic heterocycles. The van der Waals surface area contributed by atoms with E-state index < -0.39 is 6.10 Å². The van der Waals surface area contributed by atoms with Gasteiger partial charge in [0.1, 0.15) is 6.10 Å². The van der Waals surface area contributed by atoms with E-state index in [1.807, 2.05) is 30.3 Å². The second-order valence-electron chi connectivity index (χ2n) is 6.88. The number of carbonyl (C=O) groups is 1. The van der Waals surface area contributed by atoms with E-state index >= 15 is 0 Å². The van der Waals surface area contributed by atoms with Gasteiger partial charge < -0.3 is 16.2 Å². The van der Waals surface area contributed by atoms with Crippen LogP contribution < -0.4 is 11.1 Å². The fraction of sp³-hybridized carbons (Fsp3) is 0.500. The van der Waals surface area contributed by atoms with Crippen LogP contribution in [-0.4, -0.2) is 23.6 Å². The van der Waals surface area contributed by atoms with Crippen LogP contribution in [0.15, 0.2) is 30.3 Å². The minimum atomic E-state index is -0.661. The van der Waals surface area contributed by atoms with Crippen LogP contribution >= 0.6 is 23.7 Å². The molecule has 24 heavy (non-hydrogen) atoms. The van der Waals surface area contributed by atoms with Gasteiger partial charge in [0, 0.05) is 22.2 Å². The number of hydrogen-bond donors (Lipinski definition) is 3. The molecule has 0 spiro atoms. The van der Waals surface area contributed by atoms with Crippen LogP contribution in [0, 0.1) is 17.8 Å². The summed E-state index contributed by atoms with van der Waals surface area (Å²) in [5.74, 6) is 0.910. The largest absolute Gasteiger partial charge is 0.386 e. The summed E-state index contributed by atoms with van der Waals surface area (Å²) in [5.41, 5.74) is 6.21. The smallest absolute Gasteiger partial charge is 0.225 e. The Labute approximate surface area is 151 Å². The van der Waals surface area contributed by atoms with E-state index in [2.05, 4.69) is 5.32 Å². The molecular weight excluding hydrogens is 344 g/mol. The van der Waals surface area contributed by atoms with Gasteiger partial charge in [0.2, 0.25) is 5.91 Å². The molecule has 1 heterocycles. The van der Waals surface area contributed by atoms with Gasteiger partial charge in [-0.25, -0.2) is 0 Å². The molecule has 2 aromatic rings. The standard InChI is InChI=1S/C18H22N2O2S.ClH/c19-17-12-6-5-11(7-12)16(17)18(22)20-9-13(21)15-8-10-3-1-2-4-14(10)23-15;/h1-4,8,11-13,16-17,21H,5-7,9,19H2,(H,20,22);1H. The Morgan fingerprint density at radius 1 is 1.33 bits per heavy atom. The van der Waals surface area contributed by atoms with Crippen LogP contribution in [0.3, 0.4) is 0 Å². The third kappa shape index (κ3) is 3.06. The van der Waals surface area contributed by atoms with Gasteiger partial charge in [-0.1, -0.05) is 18.2 Å². The first-order chi connectivity index (χ1) is 11.1. The van der Waals surface area contributed by atoms with Crippen molar-refractivity contribution in [2.75, 3.05) is 6.54 Å². The number of halogens is 1. The average Bonchev–Trinajstić information content (AvgIpc) is 3.25. The molecule has 4 rings (SSSR count). The molecule has 4 N–H and O–H groups in total. The number of hydrogen-bond acceptors (Lipinski definition) is 4. The molecule has 2 bridgehead atoms. The number of rotatable bonds is 4. The van der Waals surface area contributed by atoms with E-state index in [1.54, 1.807) is 11.3 Å². The first kappa shape index (κ1) is 17.7. The van der Waals surface area contributed by atoms with Crippen molar-refractivity contribution in [3.63, 3.8) is 0 Å². The van der Waals surface area contributed by atoms with Gasteiger partial charge in [0.05, 0.1) is 5.92 Å². The molecule has 2 fully saturated rings. The SMILES string of the molecule is Cl.NC1C2CCC(C2)C1C(=O)NCC(O)c1cc2ccccc2s1. The third-order valence-corrected chi connectivity index (χ3v) is 6.74. The number of thiophene rings is 1. The number of carbonyl (C=O) groups excluding carboxylic acids is 1. The van der Waals surface area contributed by atoms with Crippen molar-refractivity contribution in [1.82, 2.24) is 5.32 Å². The van der Waals surface area contributed by atoms with Crippen molar-refractivity contribution in [1.29, 1.82) is 0 Å². The van der Waals surface area contributed by atoms with Crippen LogP contribution in [-0.2, 0) is 4.79 Å². The molecule has 5 unspecified atom stereocenters. The molecule has 6 heteroatoms. The Hall–Kier alpha value is -1.14. The number of aliphatic hydroxyl groups is 1. The van der Waals surface area contributed by atoms with E-state index in [-0.39, 0.29) is 36.8 Å². The third-order valence-electron chi connectivity index (χ3n) is 5.53. The number of nitrogens with one attached hydrogen (secondary N) is 1. The summed E-state index contributed by atoms with van der Waals surface area (Å²) >= 11 is 1.58. The Balaban J connectivity index is 0.00000169. The van der Waals surface area contributed by atoms with Crippen molar-refractivity contribution < 1.29 is 9.90 Å². The van der Waals surface area contributed by atoms with E-state index in [0.29, 0.717) is 11.8 Å². The summed E-state index contributed by atoms with van der Waals surface area (Å²) in [5, 5.41) is 14.4. The van der Waals surface area contributed by atoms with Gasteiger partial charge in [-0.15, -0.1) is 23.7 Å². The molecule has 5 atom stereocenters. The van der Waals surface area contributed by atoms with Gasteiger partial charge in [0.25, 0.3) is 0 Å². The molecular formula is C18H23ClN2O2S. The predicted octanol–water partition coefficient (Wildman–Crippen LogP) is 2.85. The van der Waals surface area contributed by atoms with Gasteiger partial charge in [-0.3, -0.25) is 4.79 Å². The van der Waals surface area contributed by atoms with Gasteiger partial charge in [-0.05, 0) is 48.6 Å². The number of nitrogens with two attached hydrogens (primary N) is 1. The first-order valence-corrected chi connectivity index (χ1v) is 9.15. The highest BCUT2D eigenvalue weighted by atomic mass is 35.5. The number of benzene rings is 1. The van der Waals surface area contributed by atoms with Gasteiger partial charge in [-0.2, -0.15) is 0 Å². The summed E-state index contributed by atoms with van der Waals surface area (Å²) in [6.07, 6.45) is 2.72. The van der Waals surface area contributed by atoms with Gasteiger partial charge in [0.15, 0.2) is 0 Å². The maximum absolute atomic E-state index is 12.5. The zero-order valence-corrected chi connectivity index (χ0v) is 15.0. The van der Waals surface area contributed by atoms with Crippen molar-refractivity contribution in [2.45, 2.75) is 31.4 Å². The molecule has 0 saturated heterocycles. The van der Waals surface area contributed by atoms with Crippen LogP contribution in [0.1, 0.15) is 30.2 Å². The Kier molecular flexibility index (Phi) is 5.16. The number of amides is 1. The van der Waals surface area contributed by atoms with Crippen molar-refractivity contribution in [2.24, 2.45) is 23.5 Å². The lowest BCUT2D eigenvalue weighted by atomic mass is 9.84. The van der Waals surface area contributed by atoms with Gasteiger partial charge >= 0.3 is 0 Å². The van der Waals surface area contributed by atoms with Crippen LogP contribution in [0.5, 0.6) is 0 Å². The number of aliphatic hydroxyl groups excluding tert-OH is 1. The molecule has 1 aromatic carbocycles. The fourth-order valence-electron chi connectivity index (χ4n) is 4.31. The molecule has 0 radical (unpaired) electrons. The molecule has 2 aliphatic rings. The van der Waals surface area contributed by atoms with Crippen molar-refractivity contribution in [3.8, 4) is 0 Å². The molecule has 1 aromatic heterocycles. The average molecular weight is 367 g/mol. The topological polar surface area (TPSA) is 75.4 Å². The lowest BCUT2D eigenvalue weighted by molar-refractivity contribution is -0.127. The fourth-order valence-corrected chi connectivity index (χ4v) is 5.36. The van der Waals surface area contributed by atoms with Crippen LogP contribution in [0.2, 0.25) is 0 Å². The lowest BCUT2D eigenvalue weighted by Gasteiger charge is -2.27. The first-order valence-electron chi connectivity index (χ1n) is 8.33. The highest BCUT2D eigenvalue weighted by Gasteiger charge is 2.48. The second kappa shape index (κ2) is 7.00. The lowest BCUT2D eigenvalue weighted by Crippen LogP contribution is -2.46. The number of fused-ring (bicyclic) bond motifs is 3. The zero-order valence-electron chi connectivity index (χ0n) is 13.4. The van der Waals surface area contributed by atoms with E-state index in [4.69, 9.17) is 5.73 Å². The quantitative estimate of drug-likeness (QED) is 0.778. The molecule has 2 saturated carbocycles. The van der Waals surface area contributed by atoms with Crippen molar-refractivity contribution >= 4 is 39.7 Å². The maximum atomic E-state index is 12.5. The summed E-state index contributed by atoms with van der Waals surface area (Å²) in [6, 6.07) is 10.1. The Morgan fingerprint density at radius 3 is 2.79 bits per heavy atom. The zero-order chi connectivity index (χ0) is 16.0. The monoisotopic (exact) mass is 366 g/mol. The summed E-state index contributed by atoms with van der Waals surface area (Å²) in [4.78, 5) is 13.3. The van der Waals surface area contributed by atoms with Crippen molar-refractivity contribution in [3.05, 3.63) is 35.2 Å². The normalized spacial score (nSPS) is 29.4. The van der Waals surface area contributed by atoms with Crippen LogP contribution in [0.25, 0.3) is 10.1 Å². The van der Waals surface area contributed by atoms with E-state index in [0.717, 1.165) is 27.8 Å². The molecule has 2 aliphatic carbocycles. The highest BCUT2D eigenvalue weighted by Crippen LogP contribution is 2.47. The minimum absolute atomic E-state index is 0. The summed E-state index contributed by atoms with van der Waals surface area (Å²) < 4.78 is 1.16. The summed E-state index contributed by atoms with van der Waals surface area (Å²) in [7, 11) is 0. The molecule has 4 nitrogen and oxygen atoms in total. The summed E-state index contributed by atoms with van der Waals surface area (Å²) in [6.45, 7) is 0.256. The second-order valence-corrected chi connectivity index (χ2v) is 8.00. The van der Waals surface area contributed by atoms with E-state index in [1.165, 1.54) is 6.42 Å². The van der Waals surface area contributed by atoms with E-state index in [9.17, 15) is 9.90 Å². The highest BCUT2D eigenvalue weighted by molar-refractivity contribution is 7.19. The van der Waals surface area contributed by atoms with Crippen LogP contribution in [0.4, 0.5) is 0 Å². The Morgan fingerprint density at radius 2 is 2.08 bits per heavy atom. The minimum Gasteiger partial charge on any atom is -0.386 e. The molecule has 130 valence electrons.